The predicted octanol–water partition coefficient (Wildman–Crippen LogP) is 5.82. The Hall–Kier alpha value is -3.54. The van der Waals surface area contributed by atoms with Gasteiger partial charge in [-0.3, -0.25) is 4.68 Å². The molecule has 236 valence electrons. The lowest BCUT2D eigenvalue weighted by atomic mass is 9.80. The zero-order valence-corrected chi connectivity index (χ0v) is 25.8. The van der Waals surface area contributed by atoms with Crippen LogP contribution in [-0.2, 0) is 11.3 Å². The van der Waals surface area contributed by atoms with Crippen molar-refractivity contribution in [1.29, 1.82) is 5.41 Å². The minimum atomic E-state index is -2.70. The number of piperidine rings is 1. The van der Waals surface area contributed by atoms with Gasteiger partial charge in [0.25, 0.3) is 0 Å². The fourth-order valence-corrected chi connectivity index (χ4v) is 5.91. The second-order valence-corrected chi connectivity index (χ2v) is 11.7. The Morgan fingerprint density at radius 3 is 2.79 bits per heavy atom. The fraction of sp³-hybridized carbons (Fsp3) is 0.613. The van der Waals surface area contributed by atoms with Crippen LogP contribution in [0.1, 0.15) is 83.1 Å². The number of hydrogen-bond acceptors (Lipinski definition) is 7. The number of nitrogens with zero attached hydrogens (tertiary/aromatic N) is 5. The minimum absolute atomic E-state index is 0.0413. The first-order valence-electron chi connectivity index (χ1n) is 15.4. The number of rotatable bonds is 8. The Kier molecular flexibility index (Phi) is 11.1. The van der Waals surface area contributed by atoms with Crippen LogP contribution in [0, 0.1) is 11.3 Å². The van der Waals surface area contributed by atoms with Gasteiger partial charge in [0, 0.05) is 50.9 Å². The molecule has 2 aromatic rings. The highest BCUT2D eigenvalue weighted by Gasteiger charge is 2.40. The molecule has 5 rings (SSSR count). The average Bonchev–Trinajstić information content (AvgIpc) is 3.64. The largest absolute Gasteiger partial charge is 0.389 e. The predicted molar refractivity (Wildman–Crippen MR) is 167 cm³/mol. The minimum Gasteiger partial charge on any atom is -0.389 e. The molecule has 0 spiro atoms. The van der Waals surface area contributed by atoms with E-state index in [4.69, 9.17) is 10.1 Å². The average molecular weight is 600 g/mol. The van der Waals surface area contributed by atoms with E-state index in [2.05, 4.69) is 43.9 Å². The van der Waals surface area contributed by atoms with Gasteiger partial charge < -0.3 is 30.7 Å². The monoisotopic (exact) mass is 599 g/mol. The maximum absolute atomic E-state index is 14.4. The van der Waals surface area contributed by atoms with Gasteiger partial charge in [0.15, 0.2) is 5.84 Å². The molecule has 3 fully saturated rings. The number of nitrogens with one attached hydrogen (secondary N) is 4. The number of hydrogen-bond donors (Lipinski definition) is 4. The Bertz CT molecular complexity index is 1280. The Balaban J connectivity index is 0.000000530. The Morgan fingerprint density at radius 1 is 1.35 bits per heavy atom. The molecule has 2 aromatic heterocycles. The van der Waals surface area contributed by atoms with Gasteiger partial charge in [-0.15, -0.1) is 0 Å². The quantitative estimate of drug-likeness (QED) is 0.224. The van der Waals surface area contributed by atoms with Gasteiger partial charge in [0.05, 0.1) is 47.7 Å². The summed E-state index contributed by atoms with van der Waals surface area (Å²) in [7, 11) is 0. The van der Waals surface area contributed by atoms with E-state index in [-0.39, 0.29) is 24.9 Å². The highest BCUT2D eigenvalue weighted by molar-refractivity contribution is 6.39. The van der Waals surface area contributed by atoms with Crippen LogP contribution in [0.2, 0.25) is 0 Å². The van der Waals surface area contributed by atoms with Crippen LogP contribution < -0.4 is 10.6 Å². The van der Waals surface area contributed by atoms with Gasteiger partial charge in [-0.2, -0.15) is 10.1 Å². The summed E-state index contributed by atoms with van der Waals surface area (Å²) in [5.41, 5.74) is 3.63. The topological polar surface area (TPSA) is 119 Å². The van der Waals surface area contributed by atoms with Crippen LogP contribution in [0.5, 0.6) is 0 Å². The van der Waals surface area contributed by atoms with Crippen molar-refractivity contribution < 1.29 is 13.5 Å². The first kappa shape index (κ1) is 32.4. The number of aromatic nitrogens is 4. The van der Waals surface area contributed by atoms with Gasteiger partial charge in [-0.05, 0) is 64.9 Å². The van der Waals surface area contributed by atoms with Crippen molar-refractivity contribution in [3.8, 4) is 0 Å². The third kappa shape index (κ3) is 8.98. The molecular formula is C31H47F2N9O. The number of H-pyrrole nitrogens is 1. The van der Waals surface area contributed by atoms with Gasteiger partial charge in [-0.25, -0.2) is 13.8 Å². The number of aromatic amines is 1. The Labute approximate surface area is 253 Å². The van der Waals surface area contributed by atoms with Crippen molar-refractivity contribution in [1.82, 2.24) is 35.3 Å². The molecule has 1 aliphatic carbocycles. The van der Waals surface area contributed by atoms with Crippen LogP contribution in [0.15, 0.2) is 42.3 Å². The van der Waals surface area contributed by atoms with E-state index in [0.717, 1.165) is 12.2 Å². The van der Waals surface area contributed by atoms with Crippen molar-refractivity contribution in [3.63, 3.8) is 0 Å². The number of amidine groups is 1. The first-order valence-corrected chi connectivity index (χ1v) is 15.4. The molecule has 4 N–H and O–H groups in total. The number of morpholine rings is 1. The molecule has 3 unspecified atom stereocenters. The number of halogens is 2. The van der Waals surface area contributed by atoms with E-state index in [0.29, 0.717) is 68.0 Å². The van der Waals surface area contributed by atoms with Gasteiger partial charge >= 0.3 is 0 Å². The van der Waals surface area contributed by atoms with Gasteiger partial charge in [0.2, 0.25) is 11.9 Å². The molecule has 10 nitrogen and oxygen atoms in total. The van der Waals surface area contributed by atoms with E-state index in [1.165, 1.54) is 25.0 Å². The number of ether oxygens (including phenoxy) is 1. The SMILES string of the molecule is C=C(NC(c1cnc(/N=C(\C(C)=N)N2CCOC(C)C2)[nH]1)C1CCCC(F)(F)C1)c1ccnn1CC.C=C1CCCCN1. The number of alkyl halides is 2. The van der Waals surface area contributed by atoms with Crippen LogP contribution in [0.4, 0.5) is 14.7 Å². The molecule has 0 amide bonds. The van der Waals surface area contributed by atoms with Crippen molar-refractivity contribution in [2.24, 2.45) is 10.9 Å². The maximum Gasteiger partial charge on any atom is 0.248 e. The third-order valence-electron chi connectivity index (χ3n) is 8.09. The van der Waals surface area contributed by atoms with Crippen molar-refractivity contribution in [2.75, 3.05) is 26.2 Å². The van der Waals surface area contributed by atoms with Gasteiger partial charge in [-0.1, -0.05) is 13.2 Å². The summed E-state index contributed by atoms with van der Waals surface area (Å²) in [4.78, 5) is 14.3. The van der Waals surface area contributed by atoms with Crippen LogP contribution in [0.3, 0.4) is 0 Å². The lowest BCUT2D eigenvalue weighted by molar-refractivity contribution is -0.0577. The van der Waals surface area contributed by atoms with E-state index in [9.17, 15) is 8.78 Å². The van der Waals surface area contributed by atoms with Crippen LogP contribution >= 0.6 is 0 Å². The standard InChI is InChI=1S/C25H36F2N8O.C6H11N/c1-5-35-21(8-10-30-35)18(4)31-22(19-7-6-9-25(26,27)13-19)20-14-29-24(32-20)33-23(17(3)28)34-11-12-36-16(2)15-34;1-6-4-2-3-5-7-6/h8,10,14,16,19,22,28,31H,4-7,9,11-13,15H2,1-3H3,(H,29,32);7H,1-5H2/b28-17?,33-23+;. The lowest BCUT2D eigenvalue weighted by Gasteiger charge is -2.35. The van der Waals surface area contributed by atoms with Crippen molar-refractivity contribution in [3.05, 3.63) is 48.7 Å². The number of aryl methyl sites for hydroxylation is 1. The molecule has 2 saturated heterocycles. The van der Waals surface area contributed by atoms with Gasteiger partial charge in [0.1, 0.15) is 0 Å². The van der Waals surface area contributed by atoms with Crippen LogP contribution in [0.25, 0.3) is 5.70 Å². The molecule has 0 radical (unpaired) electrons. The molecular weight excluding hydrogens is 552 g/mol. The summed E-state index contributed by atoms with van der Waals surface area (Å²) in [6, 6.07) is 1.41. The third-order valence-corrected chi connectivity index (χ3v) is 8.09. The molecule has 2 aliphatic heterocycles. The van der Waals surface area contributed by atoms with E-state index in [1.54, 1.807) is 19.3 Å². The normalized spacial score (nSPS) is 23.0. The second-order valence-electron chi connectivity index (χ2n) is 11.7. The molecule has 43 heavy (non-hydrogen) atoms. The summed E-state index contributed by atoms with van der Waals surface area (Å²) < 4.78 is 36.3. The van der Waals surface area contributed by atoms with E-state index < -0.39 is 12.0 Å². The molecule has 1 saturated carbocycles. The zero-order chi connectivity index (χ0) is 31.0. The maximum atomic E-state index is 14.4. The van der Waals surface area contributed by atoms with Crippen molar-refractivity contribution >= 4 is 23.2 Å². The summed E-state index contributed by atoms with van der Waals surface area (Å²) in [6.07, 6.45) is 8.04. The Morgan fingerprint density at radius 2 is 2.16 bits per heavy atom. The summed E-state index contributed by atoms with van der Waals surface area (Å²) >= 11 is 0. The number of imidazole rings is 1. The lowest BCUT2D eigenvalue weighted by Crippen LogP contribution is -2.46. The second kappa shape index (κ2) is 14.8. The smallest absolute Gasteiger partial charge is 0.248 e. The summed E-state index contributed by atoms with van der Waals surface area (Å²) in [6.45, 7) is 17.3. The highest BCUT2D eigenvalue weighted by atomic mass is 19.3. The van der Waals surface area contributed by atoms with E-state index in [1.807, 2.05) is 29.5 Å². The number of aliphatic imine (C=N–C) groups is 1. The summed E-state index contributed by atoms with van der Waals surface area (Å²) in [5.74, 6) is -2.15. The van der Waals surface area contributed by atoms with Crippen LogP contribution in [-0.4, -0.2) is 74.5 Å². The summed E-state index contributed by atoms with van der Waals surface area (Å²) in [5, 5.41) is 19.1. The first-order chi connectivity index (χ1) is 20.6. The van der Waals surface area contributed by atoms with E-state index >= 15 is 0 Å². The molecule has 12 heteroatoms. The zero-order valence-electron chi connectivity index (χ0n) is 25.8. The molecule has 0 bridgehead atoms. The fourth-order valence-electron chi connectivity index (χ4n) is 5.91. The molecule has 3 atom stereocenters. The number of allylic oxidation sites excluding steroid dienone is 1. The molecule has 3 aliphatic rings. The molecule has 0 aromatic carbocycles. The highest BCUT2D eigenvalue weighted by Crippen LogP contribution is 2.42. The van der Waals surface area contributed by atoms with Crippen molar-refractivity contribution in [2.45, 2.75) is 90.3 Å². The molecule has 4 heterocycles.